The third-order valence-corrected chi connectivity index (χ3v) is 3.67. The molecule has 2 saturated carbocycles. The number of esters is 1. The maximum Gasteiger partial charge on any atom is 0.302 e. The molecular weight excluding hydrogens is 196 g/mol. The molecule has 2 aliphatic carbocycles. The number of carbonyl (C=O) groups excluding carboxylic acids is 2. The summed E-state index contributed by atoms with van der Waals surface area (Å²) in [5.41, 5.74) is 0. The van der Waals surface area contributed by atoms with Gasteiger partial charge in [0.15, 0.2) is 0 Å². The minimum atomic E-state index is -0.210. The zero-order chi connectivity index (χ0) is 10.8. The quantitative estimate of drug-likeness (QED) is 0.518. The predicted molar refractivity (Wildman–Crippen MR) is 51.9 cm³/mol. The van der Waals surface area contributed by atoms with Crippen LogP contribution in [0.15, 0.2) is 0 Å². The molecule has 2 bridgehead atoms. The molecule has 0 N–H and O–H groups in total. The van der Waals surface area contributed by atoms with Crippen molar-refractivity contribution in [1.29, 1.82) is 0 Å². The second-order valence-electron chi connectivity index (χ2n) is 4.56. The molecule has 4 heteroatoms. The molecule has 4 nitrogen and oxygen atoms in total. The Morgan fingerprint density at radius 2 is 2.13 bits per heavy atom. The first-order valence-corrected chi connectivity index (χ1v) is 5.43. The fourth-order valence-corrected chi connectivity index (χ4v) is 3.01. The maximum absolute atomic E-state index is 10.7. The van der Waals surface area contributed by atoms with Crippen LogP contribution in [-0.4, -0.2) is 25.2 Å². The molecule has 15 heavy (non-hydrogen) atoms. The fourth-order valence-electron chi connectivity index (χ4n) is 3.01. The van der Waals surface area contributed by atoms with Gasteiger partial charge in [-0.1, -0.05) is 0 Å². The first-order valence-electron chi connectivity index (χ1n) is 5.43. The summed E-state index contributed by atoms with van der Waals surface area (Å²) in [4.78, 5) is 20.9. The van der Waals surface area contributed by atoms with Gasteiger partial charge < -0.3 is 9.47 Å². The van der Waals surface area contributed by atoms with E-state index in [-0.39, 0.29) is 12.1 Å². The van der Waals surface area contributed by atoms with E-state index in [0.29, 0.717) is 30.8 Å². The molecule has 84 valence electrons. The van der Waals surface area contributed by atoms with E-state index in [1.165, 1.54) is 6.92 Å². The van der Waals surface area contributed by atoms with Crippen molar-refractivity contribution < 1.29 is 19.1 Å². The molecule has 0 aromatic rings. The molecule has 4 unspecified atom stereocenters. The van der Waals surface area contributed by atoms with E-state index >= 15 is 0 Å². The molecular formula is C11H16O4. The summed E-state index contributed by atoms with van der Waals surface area (Å²) in [6.07, 6.45) is 3.19. The van der Waals surface area contributed by atoms with Crippen LogP contribution in [0, 0.1) is 17.8 Å². The molecule has 0 radical (unpaired) electrons. The average molecular weight is 212 g/mol. The zero-order valence-electron chi connectivity index (χ0n) is 8.85. The van der Waals surface area contributed by atoms with Crippen LogP contribution in [0.3, 0.4) is 0 Å². The normalized spacial score (nSPS) is 37.7. The van der Waals surface area contributed by atoms with E-state index in [2.05, 4.69) is 0 Å². The number of carbonyl (C=O) groups is 2. The second kappa shape index (κ2) is 4.21. The Kier molecular flexibility index (Phi) is 2.93. The van der Waals surface area contributed by atoms with Gasteiger partial charge in [0, 0.05) is 6.92 Å². The molecule has 0 aliphatic heterocycles. The van der Waals surface area contributed by atoms with Gasteiger partial charge >= 0.3 is 5.97 Å². The van der Waals surface area contributed by atoms with Crippen molar-refractivity contribution in [3.63, 3.8) is 0 Å². The Hall–Kier alpha value is -1.06. The molecule has 2 rings (SSSR count). The lowest BCUT2D eigenvalue weighted by Crippen LogP contribution is -2.27. The summed E-state index contributed by atoms with van der Waals surface area (Å²) in [5.74, 6) is 1.32. The van der Waals surface area contributed by atoms with Crippen LogP contribution in [0.1, 0.15) is 26.2 Å². The van der Waals surface area contributed by atoms with Gasteiger partial charge in [0.05, 0.1) is 6.61 Å². The van der Waals surface area contributed by atoms with Crippen LogP contribution in [0.2, 0.25) is 0 Å². The molecule has 0 saturated heterocycles. The summed E-state index contributed by atoms with van der Waals surface area (Å²) >= 11 is 0. The first-order chi connectivity index (χ1) is 7.20. The molecule has 0 heterocycles. The highest BCUT2D eigenvalue weighted by molar-refractivity contribution is 5.65. The highest BCUT2D eigenvalue weighted by Crippen LogP contribution is 2.49. The summed E-state index contributed by atoms with van der Waals surface area (Å²) in [5, 5.41) is 0. The van der Waals surface area contributed by atoms with Crippen molar-refractivity contribution in [1.82, 2.24) is 0 Å². The molecule has 0 aromatic carbocycles. The van der Waals surface area contributed by atoms with Crippen molar-refractivity contribution in [2.75, 3.05) is 6.61 Å². The third kappa shape index (κ3) is 2.13. The molecule has 0 amide bonds. The van der Waals surface area contributed by atoms with E-state index in [1.807, 2.05) is 0 Å². The number of fused-ring (bicyclic) bond motifs is 2. The van der Waals surface area contributed by atoms with Crippen LogP contribution >= 0.6 is 0 Å². The van der Waals surface area contributed by atoms with Crippen LogP contribution in [-0.2, 0) is 19.1 Å². The number of hydrogen-bond donors (Lipinski definition) is 0. The van der Waals surface area contributed by atoms with Gasteiger partial charge in [0.2, 0.25) is 0 Å². The van der Waals surface area contributed by atoms with Gasteiger partial charge in [-0.15, -0.1) is 0 Å². The zero-order valence-corrected chi connectivity index (χ0v) is 8.85. The maximum atomic E-state index is 10.7. The van der Waals surface area contributed by atoms with Crippen molar-refractivity contribution in [3.05, 3.63) is 0 Å². The molecule has 0 aromatic heterocycles. The van der Waals surface area contributed by atoms with E-state index in [0.717, 1.165) is 19.3 Å². The van der Waals surface area contributed by atoms with Crippen LogP contribution in [0.25, 0.3) is 0 Å². The van der Waals surface area contributed by atoms with Crippen LogP contribution in [0.5, 0.6) is 0 Å². The Balaban J connectivity index is 1.81. The third-order valence-electron chi connectivity index (χ3n) is 3.67. The van der Waals surface area contributed by atoms with Crippen molar-refractivity contribution >= 4 is 12.4 Å². The number of hydrogen-bond acceptors (Lipinski definition) is 4. The molecule has 2 aliphatic rings. The van der Waals surface area contributed by atoms with Gasteiger partial charge in [-0.25, -0.2) is 0 Å². The lowest BCUT2D eigenvalue weighted by molar-refractivity contribution is -0.143. The summed E-state index contributed by atoms with van der Waals surface area (Å²) in [7, 11) is 0. The van der Waals surface area contributed by atoms with Crippen LogP contribution < -0.4 is 0 Å². The Morgan fingerprint density at radius 1 is 1.33 bits per heavy atom. The monoisotopic (exact) mass is 212 g/mol. The minimum absolute atomic E-state index is 0.112. The highest BCUT2D eigenvalue weighted by Gasteiger charge is 2.47. The Morgan fingerprint density at radius 3 is 2.67 bits per heavy atom. The first kappa shape index (κ1) is 10.5. The smallest absolute Gasteiger partial charge is 0.302 e. The van der Waals surface area contributed by atoms with Gasteiger partial charge in [0.1, 0.15) is 6.10 Å². The fraction of sp³-hybridized carbons (Fsp3) is 0.818. The van der Waals surface area contributed by atoms with Gasteiger partial charge in [-0.2, -0.15) is 0 Å². The SMILES string of the molecule is CC(=O)OCC1CC2CC1CC2OC=O. The van der Waals surface area contributed by atoms with Gasteiger partial charge in [0.25, 0.3) is 6.47 Å². The molecule has 4 atom stereocenters. The summed E-state index contributed by atoms with van der Waals surface area (Å²) in [6, 6.07) is 0. The van der Waals surface area contributed by atoms with Crippen molar-refractivity contribution in [3.8, 4) is 0 Å². The van der Waals surface area contributed by atoms with E-state index in [4.69, 9.17) is 9.47 Å². The predicted octanol–water partition coefficient (Wildman–Crippen LogP) is 1.14. The van der Waals surface area contributed by atoms with Crippen molar-refractivity contribution in [2.45, 2.75) is 32.3 Å². The van der Waals surface area contributed by atoms with Crippen molar-refractivity contribution in [2.24, 2.45) is 17.8 Å². The van der Waals surface area contributed by atoms with Gasteiger partial charge in [-0.05, 0) is 37.0 Å². The number of ether oxygens (including phenoxy) is 2. The van der Waals surface area contributed by atoms with Crippen LogP contribution in [0.4, 0.5) is 0 Å². The van der Waals surface area contributed by atoms with E-state index < -0.39 is 0 Å². The van der Waals surface area contributed by atoms with E-state index in [9.17, 15) is 9.59 Å². The molecule has 0 spiro atoms. The Labute approximate surface area is 88.9 Å². The highest BCUT2D eigenvalue weighted by atomic mass is 16.5. The summed E-state index contributed by atoms with van der Waals surface area (Å²) in [6.45, 7) is 2.52. The standard InChI is InChI=1S/C11H16O4/c1-7(13)14-5-10-3-9-2-8(10)4-11(9)15-6-12/h6,8-11H,2-5H2,1H3. The lowest BCUT2D eigenvalue weighted by Gasteiger charge is -2.26. The van der Waals surface area contributed by atoms with Gasteiger partial charge in [-0.3, -0.25) is 9.59 Å². The minimum Gasteiger partial charge on any atom is -0.466 e. The largest absolute Gasteiger partial charge is 0.466 e. The van der Waals surface area contributed by atoms with E-state index in [1.54, 1.807) is 0 Å². The summed E-state index contributed by atoms with van der Waals surface area (Å²) < 4.78 is 10.0. The number of rotatable bonds is 4. The second-order valence-corrected chi connectivity index (χ2v) is 4.56. The Bertz CT molecular complexity index is 263. The lowest BCUT2D eigenvalue weighted by atomic mass is 9.88. The average Bonchev–Trinajstić information content (AvgIpc) is 2.74. The molecule has 2 fully saturated rings. The topological polar surface area (TPSA) is 52.6 Å².